The minimum Gasteiger partial charge on any atom is -0.396 e. The van der Waals surface area contributed by atoms with Gasteiger partial charge in [0.05, 0.1) is 0 Å². The van der Waals surface area contributed by atoms with Gasteiger partial charge in [-0.25, -0.2) is 0 Å². The van der Waals surface area contributed by atoms with E-state index in [-0.39, 0.29) is 0 Å². The molecule has 0 amide bonds. The molecule has 0 spiro atoms. The summed E-state index contributed by atoms with van der Waals surface area (Å²) in [5.74, 6) is 7.24. The first-order chi connectivity index (χ1) is 13.7. The molecule has 0 radical (unpaired) electrons. The van der Waals surface area contributed by atoms with Gasteiger partial charge < -0.3 is 5.11 Å². The third-order valence-corrected chi connectivity index (χ3v) is 11.2. The van der Waals surface area contributed by atoms with Crippen molar-refractivity contribution in [2.45, 2.75) is 92.9 Å². The molecule has 1 nitrogen and oxygen atoms in total. The van der Waals surface area contributed by atoms with Crippen molar-refractivity contribution >= 4 is 0 Å². The highest BCUT2D eigenvalue weighted by molar-refractivity contribution is 5.20. The topological polar surface area (TPSA) is 20.2 Å². The fourth-order valence-corrected chi connectivity index (χ4v) is 8.91. The van der Waals surface area contributed by atoms with Crippen LogP contribution in [0.25, 0.3) is 0 Å². The molecule has 29 heavy (non-hydrogen) atoms. The van der Waals surface area contributed by atoms with E-state index in [1.165, 1.54) is 51.4 Å². The van der Waals surface area contributed by atoms with Gasteiger partial charge in [-0.1, -0.05) is 60.1 Å². The van der Waals surface area contributed by atoms with Crippen LogP contribution in [0.3, 0.4) is 0 Å². The summed E-state index contributed by atoms with van der Waals surface area (Å²) < 4.78 is 0. The summed E-state index contributed by atoms with van der Waals surface area (Å²) in [6, 6.07) is 0. The Labute approximate surface area is 181 Å². The Morgan fingerprint density at radius 2 is 1.59 bits per heavy atom. The van der Waals surface area contributed by atoms with E-state index in [1.807, 2.05) is 0 Å². The fourth-order valence-electron chi connectivity index (χ4n) is 8.91. The summed E-state index contributed by atoms with van der Waals surface area (Å²) >= 11 is 0. The van der Waals surface area contributed by atoms with Crippen LogP contribution in [0.15, 0.2) is 12.2 Å². The minimum absolute atomic E-state index is 0.424. The first-order valence-electron chi connectivity index (χ1n) is 13.0. The molecule has 4 rings (SSSR count). The Morgan fingerprint density at radius 1 is 0.862 bits per heavy atom. The summed E-state index contributed by atoms with van der Waals surface area (Å²) in [5.41, 5.74) is 1.00. The lowest BCUT2D eigenvalue weighted by Crippen LogP contribution is -2.51. The molecular formula is C28H48O. The van der Waals surface area contributed by atoms with E-state index in [2.05, 4.69) is 53.7 Å². The standard InChI is InChI=1S/C28H48O/c1-18(2)19(3)7-8-20(4)23-11-12-25-22-9-10-24-21(17-29)13-15-28(24,6)26(22)14-16-27(23,25)5/h11-12,18-26,29H,7-10,13-17H2,1-6H3/t19-,20+,21+,22-,23+,24-,25-,26-,27+,28-/m0/s1. The van der Waals surface area contributed by atoms with Gasteiger partial charge in [-0.15, -0.1) is 0 Å². The van der Waals surface area contributed by atoms with Gasteiger partial charge >= 0.3 is 0 Å². The third kappa shape index (κ3) is 3.46. The SMILES string of the molecule is CC(C)[C@@H](C)CC[C@@H](C)[C@H]1C=C[C@H]2[C@@H]3CC[C@H]4[C@@H](CO)CC[C@]4(C)[C@H]3CC[C@]12C. The number of rotatable bonds is 6. The number of hydrogen-bond donors (Lipinski definition) is 1. The normalized spacial score (nSPS) is 48.3. The summed E-state index contributed by atoms with van der Waals surface area (Å²) in [4.78, 5) is 0. The van der Waals surface area contributed by atoms with E-state index in [0.29, 0.717) is 23.4 Å². The fraction of sp³-hybridized carbons (Fsp3) is 0.929. The third-order valence-electron chi connectivity index (χ3n) is 11.2. The zero-order chi connectivity index (χ0) is 21.0. The van der Waals surface area contributed by atoms with Crippen LogP contribution in [0.4, 0.5) is 0 Å². The predicted molar refractivity (Wildman–Crippen MR) is 123 cm³/mol. The van der Waals surface area contributed by atoms with E-state index < -0.39 is 0 Å². The molecule has 0 bridgehead atoms. The highest BCUT2D eigenvalue weighted by Crippen LogP contribution is 2.68. The van der Waals surface area contributed by atoms with Gasteiger partial charge in [0, 0.05) is 6.61 Å². The van der Waals surface area contributed by atoms with Crippen LogP contribution in [-0.4, -0.2) is 11.7 Å². The monoisotopic (exact) mass is 400 g/mol. The van der Waals surface area contributed by atoms with Crippen molar-refractivity contribution in [2.75, 3.05) is 6.61 Å². The highest BCUT2D eigenvalue weighted by Gasteiger charge is 2.60. The Morgan fingerprint density at radius 3 is 2.28 bits per heavy atom. The number of aliphatic hydroxyl groups is 1. The molecule has 166 valence electrons. The number of fused-ring (bicyclic) bond motifs is 5. The molecule has 0 aliphatic heterocycles. The first-order valence-corrected chi connectivity index (χ1v) is 13.0. The van der Waals surface area contributed by atoms with Gasteiger partial charge in [0.2, 0.25) is 0 Å². The second-order valence-corrected chi connectivity index (χ2v) is 12.7. The van der Waals surface area contributed by atoms with E-state index in [1.54, 1.807) is 0 Å². The molecule has 0 aromatic heterocycles. The van der Waals surface area contributed by atoms with Gasteiger partial charge in [-0.2, -0.15) is 0 Å². The van der Waals surface area contributed by atoms with E-state index >= 15 is 0 Å². The molecule has 4 aliphatic carbocycles. The van der Waals surface area contributed by atoms with Crippen LogP contribution in [0, 0.1) is 64.1 Å². The summed E-state index contributed by atoms with van der Waals surface area (Å²) in [7, 11) is 0. The second-order valence-electron chi connectivity index (χ2n) is 12.7. The second kappa shape index (κ2) is 7.99. The van der Waals surface area contributed by atoms with Crippen LogP contribution >= 0.6 is 0 Å². The zero-order valence-corrected chi connectivity index (χ0v) is 20.2. The van der Waals surface area contributed by atoms with Crippen molar-refractivity contribution < 1.29 is 5.11 Å². The molecule has 3 saturated carbocycles. The van der Waals surface area contributed by atoms with Gasteiger partial charge in [-0.3, -0.25) is 0 Å². The average molecular weight is 401 g/mol. The summed E-state index contributed by atoms with van der Waals surface area (Å²) in [6.45, 7) is 15.4. The molecule has 0 heterocycles. The van der Waals surface area contributed by atoms with Crippen molar-refractivity contribution in [3.05, 3.63) is 12.2 Å². The van der Waals surface area contributed by atoms with E-state index in [9.17, 15) is 5.11 Å². The number of hydrogen-bond acceptors (Lipinski definition) is 1. The molecule has 10 atom stereocenters. The molecule has 1 N–H and O–H groups in total. The predicted octanol–water partition coefficient (Wildman–Crippen LogP) is 7.35. The van der Waals surface area contributed by atoms with Crippen molar-refractivity contribution in [3.63, 3.8) is 0 Å². The lowest BCUT2D eigenvalue weighted by Gasteiger charge is -2.58. The van der Waals surface area contributed by atoms with Crippen molar-refractivity contribution in [3.8, 4) is 0 Å². The van der Waals surface area contributed by atoms with Gasteiger partial charge in [-0.05, 0) is 109 Å². The maximum absolute atomic E-state index is 9.91. The summed E-state index contributed by atoms with van der Waals surface area (Å²) in [6.07, 6.45) is 16.4. The quantitative estimate of drug-likeness (QED) is 0.462. The molecule has 0 aromatic rings. The molecule has 3 fully saturated rings. The van der Waals surface area contributed by atoms with Crippen LogP contribution in [0.5, 0.6) is 0 Å². The minimum atomic E-state index is 0.424. The van der Waals surface area contributed by atoms with E-state index in [0.717, 1.165) is 47.3 Å². The van der Waals surface area contributed by atoms with Crippen LogP contribution in [0.2, 0.25) is 0 Å². The molecule has 1 heteroatoms. The Hall–Kier alpha value is -0.300. The largest absolute Gasteiger partial charge is 0.396 e. The van der Waals surface area contributed by atoms with Crippen LogP contribution < -0.4 is 0 Å². The van der Waals surface area contributed by atoms with Crippen molar-refractivity contribution in [2.24, 2.45) is 64.1 Å². The Bertz CT molecular complexity index is 607. The van der Waals surface area contributed by atoms with Crippen molar-refractivity contribution in [1.29, 1.82) is 0 Å². The van der Waals surface area contributed by atoms with Crippen LogP contribution in [-0.2, 0) is 0 Å². The number of aliphatic hydroxyl groups excluding tert-OH is 1. The zero-order valence-electron chi connectivity index (χ0n) is 20.2. The van der Waals surface area contributed by atoms with Gasteiger partial charge in [0.15, 0.2) is 0 Å². The highest BCUT2D eigenvalue weighted by atomic mass is 16.3. The average Bonchev–Trinajstić information content (AvgIpc) is 3.22. The smallest absolute Gasteiger partial charge is 0.0462 e. The first kappa shape index (κ1) is 21.9. The lowest BCUT2D eigenvalue weighted by molar-refractivity contribution is -0.0901. The van der Waals surface area contributed by atoms with Gasteiger partial charge in [0.25, 0.3) is 0 Å². The Balaban J connectivity index is 1.47. The van der Waals surface area contributed by atoms with Crippen LogP contribution in [0.1, 0.15) is 92.9 Å². The molecular weight excluding hydrogens is 352 g/mol. The maximum atomic E-state index is 9.91. The molecule has 4 aliphatic rings. The Kier molecular flexibility index (Phi) is 6.04. The summed E-state index contributed by atoms with van der Waals surface area (Å²) in [5, 5.41) is 9.91. The molecule has 0 unspecified atom stereocenters. The lowest BCUT2D eigenvalue weighted by atomic mass is 9.46. The van der Waals surface area contributed by atoms with Gasteiger partial charge in [0.1, 0.15) is 0 Å². The van der Waals surface area contributed by atoms with E-state index in [4.69, 9.17) is 0 Å². The molecule has 0 saturated heterocycles. The van der Waals surface area contributed by atoms with Crippen molar-refractivity contribution in [1.82, 2.24) is 0 Å². The molecule has 0 aromatic carbocycles. The number of allylic oxidation sites excluding steroid dienone is 2. The maximum Gasteiger partial charge on any atom is 0.0462 e.